The zero-order valence-electron chi connectivity index (χ0n) is 8.75. The van der Waals surface area contributed by atoms with Crippen LogP contribution in [-0.2, 0) is 9.53 Å². The molecule has 0 saturated heterocycles. The molecule has 0 bridgehead atoms. The van der Waals surface area contributed by atoms with Gasteiger partial charge >= 0.3 is 5.97 Å². The van der Waals surface area contributed by atoms with Crippen LogP contribution in [0.3, 0.4) is 0 Å². The number of ether oxygens (including phenoxy) is 1. The first-order valence-electron chi connectivity index (χ1n) is 4.94. The molecule has 3 nitrogen and oxygen atoms in total. The number of rotatable bonds is 6. The van der Waals surface area contributed by atoms with E-state index < -0.39 is 12.0 Å². The topological polar surface area (TPSA) is 46.5 Å². The molecular formula is C10H20O3. The van der Waals surface area contributed by atoms with Crippen LogP contribution in [0.2, 0.25) is 0 Å². The van der Waals surface area contributed by atoms with Crippen molar-refractivity contribution in [2.75, 3.05) is 6.61 Å². The Morgan fingerprint density at radius 3 is 2.46 bits per heavy atom. The summed E-state index contributed by atoms with van der Waals surface area (Å²) < 4.78 is 4.97. The van der Waals surface area contributed by atoms with Gasteiger partial charge in [-0.2, -0.15) is 0 Å². The summed E-state index contributed by atoms with van der Waals surface area (Å²) in [5, 5.41) is 9.09. The van der Waals surface area contributed by atoms with Crippen molar-refractivity contribution in [3.8, 4) is 0 Å². The molecule has 0 aromatic carbocycles. The Bertz CT molecular complexity index is 143. The highest BCUT2D eigenvalue weighted by atomic mass is 16.5. The summed E-state index contributed by atoms with van der Waals surface area (Å²) in [6.07, 6.45) is 2.48. The lowest BCUT2D eigenvalue weighted by Crippen LogP contribution is -2.25. The standard InChI is InChI=1S/C10H20O3/c1-4-5-6-7-13-10(12)8(2)9(3)11/h8-9,11H,4-7H2,1-3H3/t8-,9+/m1/s1. The molecule has 0 amide bonds. The number of hydrogen-bond acceptors (Lipinski definition) is 3. The van der Waals surface area contributed by atoms with Gasteiger partial charge < -0.3 is 9.84 Å². The molecule has 2 atom stereocenters. The first-order valence-corrected chi connectivity index (χ1v) is 4.94. The van der Waals surface area contributed by atoms with Crippen molar-refractivity contribution in [3.63, 3.8) is 0 Å². The highest BCUT2D eigenvalue weighted by molar-refractivity contribution is 5.72. The zero-order valence-corrected chi connectivity index (χ0v) is 8.75. The van der Waals surface area contributed by atoms with Gasteiger partial charge in [-0.15, -0.1) is 0 Å². The summed E-state index contributed by atoms with van der Waals surface area (Å²) in [6.45, 7) is 5.84. The van der Waals surface area contributed by atoms with Gasteiger partial charge in [-0.05, 0) is 20.3 Å². The minimum absolute atomic E-state index is 0.300. The van der Waals surface area contributed by atoms with E-state index in [1.165, 1.54) is 0 Å². The predicted molar refractivity (Wildman–Crippen MR) is 51.3 cm³/mol. The number of esters is 1. The first-order chi connectivity index (χ1) is 6.09. The molecule has 0 aromatic heterocycles. The normalized spacial score (nSPS) is 15.1. The molecule has 3 heteroatoms. The lowest BCUT2D eigenvalue weighted by atomic mass is 10.1. The number of aliphatic hydroxyl groups is 1. The number of carbonyl (C=O) groups excluding carboxylic acids is 1. The van der Waals surface area contributed by atoms with Crippen LogP contribution in [0.25, 0.3) is 0 Å². The average molecular weight is 188 g/mol. The minimum atomic E-state index is -0.626. The van der Waals surface area contributed by atoms with E-state index in [0.717, 1.165) is 19.3 Å². The maximum absolute atomic E-state index is 11.2. The second kappa shape index (κ2) is 6.89. The second-order valence-corrected chi connectivity index (χ2v) is 3.40. The number of unbranched alkanes of at least 4 members (excludes halogenated alkanes) is 2. The van der Waals surface area contributed by atoms with E-state index in [9.17, 15) is 4.79 Å². The molecule has 0 fully saturated rings. The summed E-state index contributed by atoms with van der Waals surface area (Å²) in [7, 11) is 0. The number of aliphatic hydroxyl groups excluding tert-OH is 1. The van der Waals surface area contributed by atoms with E-state index in [-0.39, 0.29) is 5.97 Å². The summed E-state index contributed by atoms with van der Waals surface area (Å²) in [5.41, 5.74) is 0. The van der Waals surface area contributed by atoms with Gasteiger partial charge in [0.2, 0.25) is 0 Å². The molecule has 0 spiro atoms. The SMILES string of the molecule is CCCCCOC(=O)[C@H](C)[C@H](C)O. The summed E-state index contributed by atoms with van der Waals surface area (Å²) in [4.78, 5) is 11.2. The molecule has 0 aromatic rings. The van der Waals surface area contributed by atoms with Crippen molar-refractivity contribution in [2.45, 2.75) is 46.1 Å². The maximum Gasteiger partial charge on any atom is 0.311 e. The van der Waals surface area contributed by atoms with Crippen molar-refractivity contribution in [1.82, 2.24) is 0 Å². The van der Waals surface area contributed by atoms with Gasteiger partial charge in [-0.1, -0.05) is 19.8 Å². The van der Waals surface area contributed by atoms with E-state index in [4.69, 9.17) is 9.84 Å². The first kappa shape index (κ1) is 12.4. The molecule has 0 radical (unpaired) electrons. The van der Waals surface area contributed by atoms with Crippen molar-refractivity contribution in [3.05, 3.63) is 0 Å². The molecule has 78 valence electrons. The largest absolute Gasteiger partial charge is 0.465 e. The van der Waals surface area contributed by atoms with Gasteiger partial charge in [-0.3, -0.25) is 4.79 Å². The highest BCUT2D eigenvalue weighted by Gasteiger charge is 2.18. The Balaban J connectivity index is 3.50. The van der Waals surface area contributed by atoms with Crippen LogP contribution >= 0.6 is 0 Å². The Hall–Kier alpha value is -0.570. The van der Waals surface area contributed by atoms with Gasteiger partial charge in [0.15, 0.2) is 0 Å². The van der Waals surface area contributed by atoms with Crippen molar-refractivity contribution < 1.29 is 14.6 Å². The Labute approximate surface area is 80.1 Å². The van der Waals surface area contributed by atoms with E-state index in [0.29, 0.717) is 6.61 Å². The van der Waals surface area contributed by atoms with Crippen LogP contribution in [0.15, 0.2) is 0 Å². The average Bonchev–Trinajstić information content (AvgIpc) is 2.10. The van der Waals surface area contributed by atoms with Crippen LogP contribution in [0, 0.1) is 5.92 Å². The van der Waals surface area contributed by atoms with E-state index in [1.807, 2.05) is 0 Å². The fourth-order valence-electron chi connectivity index (χ4n) is 0.853. The molecule has 0 rings (SSSR count). The van der Waals surface area contributed by atoms with Crippen LogP contribution in [0.1, 0.15) is 40.0 Å². The van der Waals surface area contributed by atoms with Gasteiger partial charge in [0.1, 0.15) is 0 Å². The smallest absolute Gasteiger partial charge is 0.311 e. The van der Waals surface area contributed by atoms with Crippen LogP contribution in [0.4, 0.5) is 0 Å². The van der Waals surface area contributed by atoms with Gasteiger partial charge in [0.25, 0.3) is 0 Å². The van der Waals surface area contributed by atoms with Crippen molar-refractivity contribution >= 4 is 5.97 Å². The number of carbonyl (C=O) groups is 1. The lowest BCUT2D eigenvalue weighted by molar-refractivity contribution is -0.151. The monoisotopic (exact) mass is 188 g/mol. The van der Waals surface area contributed by atoms with E-state index >= 15 is 0 Å². The Morgan fingerprint density at radius 1 is 1.38 bits per heavy atom. The summed E-state index contributed by atoms with van der Waals surface area (Å²) in [5.74, 6) is -0.715. The maximum atomic E-state index is 11.2. The molecule has 13 heavy (non-hydrogen) atoms. The fraction of sp³-hybridized carbons (Fsp3) is 0.900. The Morgan fingerprint density at radius 2 is 2.00 bits per heavy atom. The highest BCUT2D eigenvalue weighted by Crippen LogP contribution is 2.05. The molecular weight excluding hydrogens is 168 g/mol. The third-order valence-electron chi connectivity index (χ3n) is 2.09. The summed E-state index contributed by atoms with van der Waals surface area (Å²) in [6, 6.07) is 0. The molecule has 0 heterocycles. The van der Waals surface area contributed by atoms with Crippen LogP contribution in [0.5, 0.6) is 0 Å². The molecule has 0 saturated carbocycles. The van der Waals surface area contributed by atoms with E-state index in [2.05, 4.69) is 6.92 Å². The minimum Gasteiger partial charge on any atom is -0.465 e. The molecule has 0 aliphatic heterocycles. The quantitative estimate of drug-likeness (QED) is 0.510. The van der Waals surface area contributed by atoms with Crippen LogP contribution < -0.4 is 0 Å². The fourth-order valence-corrected chi connectivity index (χ4v) is 0.853. The van der Waals surface area contributed by atoms with Crippen LogP contribution in [-0.4, -0.2) is 23.8 Å². The van der Waals surface area contributed by atoms with Gasteiger partial charge in [0, 0.05) is 0 Å². The molecule has 1 N–H and O–H groups in total. The molecule has 0 unspecified atom stereocenters. The molecule has 0 aliphatic rings. The second-order valence-electron chi connectivity index (χ2n) is 3.40. The number of hydrogen-bond donors (Lipinski definition) is 1. The predicted octanol–water partition coefficient (Wildman–Crippen LogP) is 1.74. The van der Waals surface area contributed by atoms with Crippen molar-refractivity contribution in [2.24, 2.45) is 5.92 Å². The third kappa shape index (κ3) is 5.64. The lowest BCUT2D eigenvalue weighted by Gasteiger charge is -2.13. The van der Waals surface area contributed by atoms with Gasteiger partial charge in [-0.25, -0.2) is 0 Å². The summed E-state index contributed by atoms with van der Waals surface area (Å²) >= 11 is 0. The third-order valence-corrected chi connectivity index (χ3v) is 2.09. The Kier molecular flexibility index (Phi) is 6.59. The van der Waals surface area contributed by atoms with Gasteiger partial charge in [0.05, 0.1) is 18.6 Å². The zero-order chi connectivity index (χ0) is 10.3. The molecule has 0 aliphatic carbocycles. The van der Waals surface area contributed by atoms with E-state index in [1.54, 1.807) is 13.8 Å². The van der Waals surface area contributed by atoms with Crippen molar-refractivity contribution in [1.29, 1.82) is 0 Å².